The second-order valence-electron chi connectivity index (χ2n) is 5.04. The maximum absolute atomic E-state index is 12.1. The smallest absolute Gasteiger partial charge is 0.212 e. The van der Waals surface area contributed by atoms with E-state index in [0.717, 1.165) is 15.6 Å². The first kappa shape index (κ1) is 16.2. The third kappa shape index (κ3) is 5.26. The molecule has 0 bridgehead atoms. The van der Waals surface area contributed by atoms with Crippen LogP contribution in [0, 0.1) is 0 Å². The van der Waals surface area contributed by atoms with Crippen LogP contribution in [0.15, 0.2) is 59.1 Å². The van der Waals surface area contributed by atoms with E-state index in [1.165, 1.54) is 0 Å². The molecular weight excluding hydrogens is 350 g/mol. The summed E-state index contributed by atoms with van der Waals surface area (Å²) in [5.74, 6) is 0.0524. The molecule has 2 aromatic rings. The molecule has 0 saturated heterocycles. The fourth-order valence-corrected chi connectivity index (χ4v) is 3.91. The average Bonchev–Trinajstić information content (AvgIpc) is 2.46. The van der Waals surface area contributed by atoms with E-state index < -0.39 is 10.0 Å². The van der Waals surface area contributed by atoms with Crippen LogP contribution in [0.4, 0.5) is 0 Å². The molecule has 0 radical (unpaired) electrons. The number of rotatable bonds is 6. The van der Waals surface area contributed by atoms with Gasteiger partial charge in [-0.1, -0.05) is 65.3 Å². The van der Waals surface area contributed by atoms with Gasteiger partial charge in [0.1, 0.15) is 0 Å². The van der Waals surface area contributed by atoms with Crippen molar-refractivity contribution in [3.63, 3.8) is 0 Å². The van der Waals surface area contributed by atoms with Crippen molar-refractivity contribution in [2.45, 2.75) is 19.4 Å². The molecule has 0 aliphatic carbocycles. The minimum Gasteiger partial charge on any atom is -0.212 e. The topological polar surface area (TPSA) is 46.2 Å². The molecular formula is C16H18BrNO2S. The summed E-state index contributed by atoms with van der Waals surface area (Å²) in [5, 5.41) is 0. The van der Waals surface area contributed by atoms with Gasteiger partial charge in [0.25, 0.3) is 0 Å². The minimum absolute atomic E-state index is 0.0359. The van der Waals surface area contributed by atoms with Crippen LogP contribution in [-0.4, -0.2) is 14.2 Å². The van der Waals surface area contributed by atoms with Crippen molar-refractivity contribution in [1.29, 1.82) is 0 Å². The van der Waals surface area contributed by atoms with E-state index in [1.54, 1.807) is 0 Å². The van der Waals surface area contributed by atoms with Gasteiger partial charge < -0.3 is 0 Å². The highest BCUT2D eigenvalue weighted by Gasteiger charge is 2.16. The first-order valence-corrected chi connectivity index (χ1v) is 9.17. The summed E-state index contributed by atoms with van der Waals surface area (Å²) in [7, 11) is -3.31. The lowest BCUT2D eigenvalue weighted by Gasteiger charge is -2.13. The number of sulfonamides is 1. The van der Waals surface area contributed by atoms with E-state index in [0.29, 0.717) is 6.54 Å². The Morgan fingerprint density at radius 3 is 2.48 bits per heavy atom. The fraction of sp³-hybridized carbons (Fsp3) is 0.250. The Morgan fingerprint density at radius 2 is 1.81 bits per heavy atom. The van der Waals surface area contributed by atoms with Crippen molar-refractivity contribution in [3.8, 4) is 0 Å². The minimum atomic E-state index is -3.31. The average molecular weight is 368 g/mol. The molecule has 0 spiro atoms. The van der Waals surface area contributed by atoms with Crippen LogP contribution in [0.1, 0.15) is 24.0 Å². The Labute approximate surface area is 134 Å². The first-order valence-electron chi connectivity index (χ1n) is 6.73. The highest BCUT2D eigenvalue weighted by Crippen LogP contribution is 2.17. The van der Waals surface area contributed by atoms with E-state index >= 15 is 0 Å². The van der Waals surface area contributed by atoms with Crippen LogP contribution >= 0.6 is 15.9 Å². The molecule has 5 heteroatoms. The zero-order valence-electron chi connectivity index (χ0n) is 11.8. The maximum Gasteiger partial charge on any atom is 0.212 e. The fourth-order valence-electron chi connectivity index (χ4n) is 2.11. The number of benzene rings is 2. The molecule has 0 fully saturated rings. The van der Waals surface area contributed by atoms with Gasteiger partial charge in [0.05, 0.1) is 5.75 Å². The third-order valence-electron chi connectivity index (χ3n) is 3.22. The molecule has 112 valence electrons. The van der Waals surface area contributed by atoms with Crippen LogP contribution < -0.4 is 4.72 Å². The molecule has 0 amide bonds. The normalized spacial score (nSPS) is 13.0. The predicted octanol–water partition coefficient (Wildman–Crippen LogP) is 3.67. The molecule has 1 N–H and O–H groups in total. The van der Waals surface area contributed by atoms with Crippen LogP contribution in [0.25, 0.3) is 0 Å². The molecule has 2 aromatic carbocycles. The van der Waals surface area contributed by atoms with E-state index in [1.807, 2.05) is 61.5 Å². The Balaban J connectivity index is 1.96. The van der Waals surface area contributed by atoms with Crippen molar-refractivity contribution in [3.05, 3.63) is 70.2 Å². The predicted molar refractivity (Wildman–Crippen MR) is 89.6 cm³/mol. The highest BCUT2D eigenvalue weighted by molar-refractivity contribution is 9.10. The number of nitrogens with one attached hydrogen (secondary N) is 1. The van der Waals surface area contributed by atoms with E-state index in [-0.39, 0.29) is 11.7 Å². The molecule has 0 aliphatic heterocycles. The van der Waals surface area contributed by atoms with E-state index in [9.17, 15) is 8.42 Å². The SMILES string of the molecule is CC(CS(=O)(=O)NCc1cccc(Br)c1)c1ccccc1. The van der Waals surface area contributed by atoms with E-state index in [2.05, 4.69) is 20.7 Å². The van der Waals surface area contributed by atoms with Crippen molar-refractivity contribution in [2.75, 3.05) is 5.75 Å². The van der Waals surface area contributed by atoms with Crippen LogP contribution in [0.5, 0.6) is 0 Å². The quantitative estimate of drug-likeness (QED) is 0.846. The van der Waals surface area contributed by atoms with Crippen LogP contribution in [-0.2, 0) is 16.6 Å². The van der Waals surface area contributed by atoms with Crippen molar-refractivity contribution >= 4 is 26.0 Å². The maximum atomic E-state index is 12.1. The summed E-state index contributed by atoms with van der Waals surface area (Å²) in [6.45, 7) is 2.23. The number of hydrogen-bond acceptors (Lipinski definition) is 2. The summed E-state index contributed by atoms with van der Waals surface area (Å²) in [6.07, 6.45) is 0. The largest absolute Gasteiger partial charge is 0.212 e. The Bertz CT molecular complexity index is 686. The molecule has 0 aromatic heterocycles. The van der Waals surface area contributed by atoms with Crippen LogP contribution in [0.2, 0.25) is 0 Å². The molecule has 0 heterocycles. The number of hydrogen-bond donors (Lipinski definition) is 1. The lowest BCUT2D eigenvalue weighted by atomic mass is 10.0. The highest BCUT2D eigenvalue weighted by atomic mass is 79.9. The summed E-state index contributed by atoms with van der Waals surface area (Å²) in [6, 6.07) is 17.3. The Morgan fingerprint density at radius 1 is 1.10 bits per heavy atom. The van der Waals surface area contributed by atoms with Gasteiger partial charge in [-0.2, -0.15) is 0 Å². The summed E-state index contributed by atoms with van der Waals surface area (Å²) in [5.41, 5.74) is 1.96. The van der Waals surface area contributed by atoms with Gasteiger partial charge in [0.15, 0.2) is 0 Å². The van der Waals surface area contributed by atoms with Gasteiger partial charge in [-0.05, 0) is 29.2 Å². The molecule has 0 aliphatic rings. The van der Waals surface area contributed by atoms with Gasteiger partial charge in [-0.3, -0.25) is 0 Å². The molecule has 2 rings (SSSR count). The van der Waals surface area contributed by atoms with Gasteiger partial charge >= 0.3 is 0 Å². The van der Waals surface area contributed by atoms with Gasteiger partial charge in [0.2, 0.25) is 10.0 Å². The van der Waals surface area contributed by atoms with Gasteiger partial charge in [0, 0.05) is 11.0 Å². The van der Waals surface area contributed by atoms with Gasteiger partial charge in [-0.15, -0.1) is 0 Å². The van der Waals surface area contributed by atoms with Crippen molar-refractivity contribution in [2.24, 2.45) is 0 Å². The molecule has 3 nitrogen and oxygen atoms in total. The second kappa shape index (κ2) is 7.20. The standard InChI is InChI=1S/C16H18BrNO2S/c1-13(15-7-3-2-4-8-15)12-21(19,20)18-11-14-6-5-9-16(17)10-14/h2-10,13,18H,11-12H2,1H3. The Hall–Kier alpha value is -1.17. The molecule has 1 unspecified atom stereocenters. The monoisotopic (exact) mass is 367 g/mol. The van der Waals surface area contributed by atoms with Crippen molar-refractivity contribution < 1.29 is 8.42 Å². The lowest BCUT2D eigenvalue weighted by molar-refractivity contribution is 0.575. The zero-order chi connectivity index (χ0) is 15.3. The lowest BCUT2D eigenvalue weighted by Crippen LogP contribution is -2.28. The zero-order valence-corrected chi connectivity index (χ0v) is 14.2. The summed E-state index contributed by atoms with van der Waals surface area (Å²) >= 11 is 3.38. The second-order valence-corrected chi connectivity index (χ2v) is 7.81. The molecule has 0 saturated carbocycles. The molecule has 1 atom stereocenters. The summed E-state index contributed by atoms with van der Waals surface area (Å²) < 4.78 is 27.9. The first-order chi connectivity index (χ1) is 9.96. The van der Waals surface area contributed by atoms with E-state index in [4.69, 9.17) is 0 Å². The van der Waals surface area contributed by atoms with Crippen LogP contribution in [0.3, 0.4) is 0 Å². The molecule has 21 heavy (non-hydrogen) atoms. The number of halogens is 1. The third-order valence-corrected chi connectivity index (χ3v) is 5.24. The van der Waals surface area contributed by atoms with Crippen molar-refractivity contribution in [1.82, 2.24) is 4.72 Å². The Kier molecular flexibility index (Phi) is 5.56. The summed E-state index contributed by atoms with van der Waals surface area (Å²) in [4.78, 5) is 0. The van der Waals surface area contributed by atoms with Gasteiger partial charge in [-0.25, -0.2) is 13.1 Å².